The molecule has 5 heteroatoms. The number of hydrogen-bond donors (Lipinski definition) is 1. The van der Waals surface area contributed by atoms with Gasteiger partial charge in [-0.2, -0.15) is 4.98 Å². The molecule has 22 heavy (non-hydrogen) atoms. The fraction of sp³-hybridized carbons (Fsp3) is 0.176. The second kappa shape index (κ2) is 5.81. The minimum Gasteiger partial charge on any atom is -0.474 e. The van der Waals surface area contributed by atoms with E-state index in [0.717, 1.165) is 22.0 Å². The quantitative estimate of drug-likeness (QED) is 0.782. The van der Waals surface area contributed by atoms with Crippen LogP contribution in [-0.4, -0.2) is 16.1 Å². The number of anilines is 1. The van der Waals surface area contributed by atoms with Crippen LogP contribution >= 0.6 is 11.6 Å². The zero-order chi connectivity index (χ0) is 15.7. The molecule has 2 N–H and O–H groups in total. The van der Waals surface area contributed by atoms with Gasteiger partial charge in [-0.1, -0.05) is 29.8 Å². The number of hydrogen-bond acceptors (Lipinski definition) is 4. The van der Waals surface area contributed by atoms with Crippen LogP contribution in [0.4, 0.5) is 5.95 Å². The van der Waals surface area contributed by atoms with Crippen molar-refractivity contribution in [3.8, 4) is 17.0 Å². The van der Waals surface area contributed by atoms with Crippen LogP contribution in [0.2, 0.25) is 5.02 Å². The van der Waals surface area contributed by atoms with Crippen molar-refractivity contribution in [2.24, 2.45) is 0 Å². The predicted molar refractivity (Wildman–Crippen MR) is 90.2 cm³/mol. The van der Waals surface area contributed by atoms with Crippen LogP contribution in [0.15, 0.2) is 42.5 Å². The Kier molecular flexibility index (Phi) is 3.86. The lowest BCUT2D eigenvalue weighted by Crippen LogP contribution is -2.09. The molecule has 0 aliphatic rings. The molecule has 2 aromatic carbocycles. The molecule has 0 aliphatic carbocycles. The van der Waals surface area contributed by atoms with Gasteiger partial charge in [0.25, 0.3) is 0 Å². The average Bonchev–Trinajstić information content (AvgIpc) is 2.46. The predicted octanol–water partition coefficient (Wildman–Crippen LogP) is 4.32. The van der Waals surface area contributed by atoms with E-state index < -0.39 is 0 Å². The van der Waals surface area contributed by atoms with Gasteiger partial charge in [0.15, 0.2) is 0 Å². The van der Waals surface area contributed by atoms with Gasteiger partial charge < -0.3 is 10.5 Å². The Balaban J connectivity index is 2.17. The van der Waals surface area contributed by atoms with Crippen LogP contribution in [0.5, 0.6) is 5.88 Å². The molecule has 1 aromatic heterocycles. The number of aromatic nitrogens is 2. The highest BCUT2D eigenvalue weighted by atomic mass is 35.5. The first-order valence-corrected chi connectivity index (χ1v) is 7.40. The molecule has 0 fully saturated rings. The van der Waals surface area contributed by atoms with Gasteiger partial charge in [0.2, 0.25) is 11.8 Å². The summed E-state index contributed by atoms with van der Waals surface area (Å²) in [5.74, 6) is 0.708. The molecule has 1 heterocycles. The number of fused-ring (bicyclic) bond motifs is 1. The monoisotopic (exact) mass is 313 g/mol. The number of nitrogens with two attached hydrogens (primary N) is 1. The lowest BCUT2D eigenvalue weighted by atomic mass is 10.0. The van der Waals surface area contributed by atoms with Crippen molar-refractivity contribution < 1.29 is 4.74 Å². The highest BCUT2D eigenvalue weighted by Gasteiger charge is 2.11. The molecule has 0 unspecified atom stereocenters. The lowest BCUT2D eigenvalue weighted by Gasteiger charge is -2.12. The standard InChI is InChI=1S/C17H16ClN3O/c1-10(2)22-16-14-9-12(11-4-3-5-13(18)8-11)6-7-15(14)20-17(19)21-16/h3-10H,1-2H3,(H2,19,20,21). The van der Waals surface area contributed by atoms with Crippen molar-refractivity contribution in [1.82, 2.24) is 9.97 Å². The number of halogens is 1. The molecule has 0 aliphatic heterocycles. The van der Waals surface area contributed by atoms with Crippen LogP contribution in [0, 0.1) is 0 Å². The largest absolute Gasteiger partial charge is 0.474 e. The van der Waals surface area contributed by atoms with Crippen molar-refractivity contribution in [2.75, 3.05) is 5.73 Å². The van der Waals surface area contributed by atoms with Crippen LogP contribution < -0.4 is 10.5 Å². The van der Waals surface area contributed by atoms with E-state index in [9.17, 15) is 0 Å². The van der Waals surface area contributed by atoms with Crippen molar-refractivity contribution in [3.63, 3.8) is 0 Å². The normalized spacial score (nSPS) is 11.1. The van der Waals surface area contributed by atoms with Crippen LogP contribution in [0.25, 0.3) is 22.0 Å². The van der Waals surface area contributed by atoms with Crippen molar-refractivity contribution in [2.45, 2.75) is 20.0 Å². The molecule has 0 saturated carbocycles. The summed E-state index contributed by atoms with van der Waals surface area (Å²) in [5.41, 5.74) is 8.56. The Bertz CT molecular complexity index is 833. The second-order valence-corrected chi connectivity index (χ2v) is 5.73. The summed E-state index contributed by atoms with van der Waals surface area (Å²) in [4.78, 5) is 8.47. The highest BCUT2D eigenvalue weighted by Crippen LogP contribution is 2.30. The SMILES string of the molecule is CC(C)Oc1nc(N)nc2ccc(-c3cccc(Cl)c3)cc12. The Morgan fingerprint density at radius 3 is 2.55 bits per heavy atom. The van der Waals surface area contributed by atoms with E-state index in [2.05, 4.69) is 9.97 Å². The summed E-state index contributed by atoms with van der Waals surface area (Å²) >= 11 is 6.07. The Hall–Kier alpha value is -2.33. The zero-order valence-corrected chi connectivity index (χ0v) is 13.1. The topological polar surface area (TPSA) is 61.0 Å². The molecule has 4 nitrogen and oxygen atoms in total. The molecule has 3 aromatic rings. The lowest BCUT2D eigenvalue weighted by molar-refractivity contribution is 0.236. The maximum atomic E-state index is 6.07. The summed E-state index contributed by atoms with van der Waals surface area (Å²) in [5, 5.41) is 1.53. The number of nitrogen functional groups attached to an aromatic ring is 1. The molecule has 0 atom stereocenters. The summed E-state index contributed by atoms with van der Waals surface area (Å²) in [6.45, 7) is 3.90. The fourth-order valence-corrected chi connectivity index (χ4v) is 2.47. The minimum absolute atomic E-state index is 0.00678. The minimum atomic E-state index is 0.00678. The molecular formula is C17H16ClN3O. The van der Waals surface area contributed by atoms with Gasteiger partial charge in [0.1, 0.15) is 0 Å². The first kappa shape index (κ1) is 14.6. The Morgan fingerprint density at radius 2 is 1.82 bits per heavy atom. The van der Waals surface area contributed by atoms with E-state index in [0.29, 0.717) is 10.9 Å². The zero-order valence-electron chi connectivity index (χ0n) is 12.4. The molecule has 0 radical (unpaired) electrons. The van der Waals surface area contributed by atoms with Crippen LogP contribution in [0.1, 0.15) is 13.8 Å². The van der Waals surface area contributed by atoms with E-state index in [-0.39, 0.29) is 12.1 Å². The number of ether oxygens (including phenoxy) is 1. The van der Waals surface area contributed by atoms with E-state index >= 15 is 0 Å². The summed E-state index contributed by atoms with van der Waals surface area (Å²) in [7, 11) is 0. The van der Waals surface area contributed by atoms with E-state index in [1.807, 2.05) is 56.3 Å². The molecule has 3 rings (SSSR count). The third kappa shape index (κ3) is 2.97. The van der Waals surface area contributed by atoms with Gasteiger partial charge in [-0.25, -0.2) is 4.98 Å². The molecule has 0 spiro atoms. The van der Waals surface area contributed by atoms with Gasteiger partial charge in [-0.05, 0) is 49.2 Å². The maximum absolute atomic E-state index is 6.07. The molecule has 112 valence electrons. The Morgan fingerprint density at radius 1 is 1.05 bits per heavy atom. The third-order valence-electron chi connectivity index (χ3n) is 3.18. The van der Waals surface area contributed by atoms with E-state index in [1.165, 1.54) is 0 Å². The van der Waals surface area contributed by atoms with Gasteiger partial charge in [0.05, 0.1) is 17.0 Å². The molecular weight excluding hydrogens is 298 g/mol. The first-order valence-electron chi connectivity index (χ1n) is 7.03. The van der Waals surface area contributed by atoms with Crippen LogP contribution in [-0.2, 0) is 0 Å². The van der Waals surface area contributed by atoms with Crippen LogP contribution in [0.3, 0.4) is 0 Å². The van der Waals surface area contributed by atoms with E-state index in [1.54, 1.807) is 0 Å². The first-order chi connectivity index (χ1) is 10.5. The Labute approximate surface area is 133 Å². The highest BCUT2D eigenvalue weighted by molar-refractivity contribution is 6.30. The smallest absolute Gasteiger partial charge is 0.226 e. The van der Waals surface area contributed by atoms with Gasteiger partial charge in [0, 0.05) is 5.02 Å². The van der Waals surface area contributed by atoms with Gasteiger partial charge in [-0.3, -0.25) is 0 Å². The summed E-state index contributed by atoms with van der Waals surface area (Å²) < 4.78 is 5.77. The average molecular weight is 314 g/mol. The van der Waals surface area contributed by atoms with Crippen molar-refractivity contribution in [3.05, 3.63) is 47.5 Å². The van der Waals surface area contributed by atoms with Gasteiger partial charge in [-0.15, -0.1) is 0 Å². The van der Waals surface area contributed by atoms with Crippen molar-refractivity contribution >= 4 is 28.5 Å². The van der Waals surface area contributed by atoms with Crippen molar-refractivity contribution in [1.29, 1.82) is 0 Å². The number of rotatable bonds is 3. The molecule has 0 saturated heterocycles. The molecule has 0 bridgehead atoms. The second-order valence-electron chi connectivity index (χ2n) is 5.30. The van der Waals surface area contributed by atoms with E-state index in [4.69, 9.17) is 22.1 Å². The summed E-state index contributed by atoms with van der Waals surface area (Å²) in [6, 6.07) is 13.6. The third-order valence-corrected chi connectivity index (χ3v) is 3.42. The maximum Gasteiger partial charge on any atom is 0.226 e. The number of benzene rings is 2. The number of nitrogens with zero attached hydrogens (tertiary/aromatic N) is 2. The molecule has 0 amide bonds. The van der Waals surface area contributed by atoms with Gasteiger partial charge >= 0.3 is 0 Å². The summed E-state index contributed by atoms with van der Waals surface area (Å²) in [6.07, 6.45) is 0.00678. The fourth-order valence-electron chi connectivity index (χ4n) is 2.28.